The number of carbonyl (C=O) groups is 2. The van der Waals surface area contributed by atoms with Gasteiger partial charge in [-0.05, 0) is 20.0 Å². The second-order valence-electron chi connectivity index (χ2n) is 4.89. The molecule has 2 atom stereocenters. The first kappa shape index (κ1) is 14.0. The molecule has 0 saturated carbocycles. The summed E-state index contributed by atoms with van der Waals surface area (Å²) in [6.45, 7) is 3.98. The molecule has 0 radical (unpaired) electrons. The van der Waals surface area contributed by atoms with Crippen LogP contribution in [-0.2, 0) is 14.3 Å². The zero-order valence-corrected chi connectivity index (χ0v) is 11.1. The smallest absolute Gasteiger partial charge is 0.310 e. The number of hydrogen-bond donors (Lipinski definition) is 0. The minimum Gasteiger partial charge on any atom is -0.469 e. The summed E-state index contributed by atoms with van der Waals surface area (Å²) in [6, 6.07) is 0. The van der Waals surface area contributed by atoms with Gasteiger partial charge < -0.3 is 14.5 Å². The number of methoxy groups -OCH3 is 1. The van der Waals surface area contributed by atoms with Gasteiger partial charge in [0.1, 0.15) is 0 Å². The van der Waals surface area contributed by atoms with E-state index in [1.807, 2.05) is 7.05 Å². The van der Waals surface area contributed by atoms with Gasteiger partial charge >= 0.3 is 5.97 Å². The van der Waals surface area contributed by atoms with E-state index in [0.29, 0.717) is 6.54 Å². The van der Waals surface area contributed by atoms with Gasteiger partial charge in [-0.15, -0.1) is 0 Å². The molecule has 17 heavy (non-hydrogen) atoms. The Labute approximate surface area is 103 Å². The standard InChI is InChI=1S/C12H22N2O3/c1-9(12(16)17-4)7-14(3)11(15)10-5-6-13(2)8-10/h9-10H,5-8H2,1-4H3. The molecule has 0 aromatic rings. The first-order chi connectivity index (χ1) is 7.95. The van der Waals surface area contributed by atoms with Crippen molar-refractivity contribution in [2.45, 2.75) is 13.3 Å². The first-order valence-corrected chi connectivity index (χ1v) is 5.97. The molecule has 98 valence electrons. The molecular formula is C12H22N2O3. The summed E-state index contributed by atoms with van der Waals surface area (Å²) in [7, 11) is 5.14. The Kier molecular flexibility index (Phi) is 4.93. The van der Waals surface area contributed by atoms with Crippen LogP contribution < -0.4 is 0 Å². The highest BCUT2D eigenvalue weighted by molar-refractivity contribution is 5.80. The van der Waals surface area contributed by atoms with Gasteiger partial charge in [-0.1, -0.05) is 6.92 Å². The maximum Gasteiger partial charge on any atom is 0.310 e. The van der Waals surface area contributed by atoms with E-state index in [4.69, 9.17) is 0 Å². The Morgan fingerprint density at radius 3 is 2.65 bits per heavy atom. The molecular weight excluding hydrogens is 220 g/mol. The molecule has 2 unspecified atom stereocenters. The summed E-state index contributed by atoms with van der Waals surface area (Å²) in [5.41, 5.74) is 0. The zero-order chi connectivity index (χ0) is 13.0. The molecule has 5 heteroatoms. The van der Waals surface area contributed by atoms with Gasteiger partial charge in [-0.3, -0.25) is 9.59 Å². The van der Waals surface area contributed by atoms with Crippen LogP contribution in [0.15, 0.2) is 0 Å². The third kappa shape index (κ3) is 3.70. The van der Waals surface area contributed by atoms with Crippen molar-refractivity contribution in [3.63, 3.8) is 0 Å². The van der Waals surface area contributed by atoms with E-state index in [2.05, 4.69) is 9.64 Å². The SMILES string of the molecule is COC(=O)C(C)CN(C)C(=O)C1CCN(C)C1. The number of likely N-dealkylation sites (tertiary alicyclic amines) is 1. The van der Waals surface area contributed by atoms with Crippen molar-refractivity contribution in [1.82, 2.24) is 9.80 Å². The van der Waals surface area contributed by atoms with Gasteiger partial charge in [0.05, 0.1) is 18.9 Å². The highest BCUT2D eigenvalue weighted by atomic mass is 16.5. The second-order valence-corrected chi connectivity index (χ2v) is 4.89. The average Bonchev–Trinajstić information content (AvgIpc) is 2.73. The third-order valence-corrected chi connectivity index (χ3v) is 3.27. The summed E-state index contributed by atoms with van der Waals surface area (Å²) in [4.78, 5) is 27.2. The Morgan fingerprint density at radius 1 is 1.53 bits per heavy atom. The van der Waals surface area contributed by atoms with Crippen LogP contribution in [-0.4, -0.2) is 62.5 Å². The fourth-order valence-corrected chi connectivity index (χ4v) is 2.22. The Balaban J connectivity index is 2.44. The summed E-state index contributed by atoms with van der Waals surface area (Å²) in [6.07, 6.45) is 0.909. The van der Waals surface area contributed by atoms with Crippen molar-refractivity contribution in [2.75, 3.05) is 40.8 Å². The van der Waals surface area contributed by atoms with E-state index >= 15 is 0 Å². The quantitative estimate of drug-likeness (QED) is 0.661. The van der Waals surface area contributed by atoms with Crippen molar-refractivity contribution in [3.8, 4) is 0 Å². The monoisotopic (exact) mass is 242 g/mol. The lowest BCUT2D eigenvalue weighted by Gasteiger charge is -2.23. The predicted molar refractivity (Wildman–Crippen MR) is 64.4 cm³/mol. The van der Waals surface area contributed by atoms with Crippen LogP contribution in [0.4, 0.5) is 0 Å². The summed E-state index contributed by atoms with van der Waals surface area (Å²) >= 11 is 0. The van der Waals surface area contributed by atoms with E-state index in [1.54, 1.807) is 18.9 Å². The number of rotatable bonds is 4. The number of amides is 1. The molecule has 1 heterocycles. The van der Waals surface area contributed by atoms with Crippen molar-refractivity contribution < 1.29 is 14.3 Å². The maximum absolute atomic E-state index is 12.1. The van der Waals surface area contributed by atoms with Crippen LogP contribution in [0.5, 0.6) is 0 Å². The van der Waals surface area contributed by atoms with Crippen molar-refractivity contribution in [3.05, 3.63) is 0 Å². The van der Waals surface area contributed by atoms with Crippen LogP contribution in [0.2, 0.25) is 0 Å². The zero-order valence-electron chi connectivity index (χ0n) is 11.1. The molecule has 0 bridgehead atoms. The molecule has 1 aliphatic heterocycles. The van der Waals surface area contributed by atoms with E-state index in [1.165, 1.54) is 7.11 Å². The van der Waals surface area contributed by atoms with Crippen LogP contribution in [0, 0.1) is 11.8 Å². The Bertz CT molecular complexity index is 293. The first-order valence-electron chi connectivity index (χ1n) is 5.97. The number of nitrogens with zero attached hydrogens (tertiary/aromatic N) is 2. The average molecular weight is 242 g/mol. The minimum absolute atomic E-state index is 0.0786. The fourth-order valence-electron chi connectivity index (χ4n) is 2.22. The number of hydrogen-bond acceptors (Lipinski definition) is 4. The van der Waals surface area contributed by atoms with E-state index in [0.717, 1.165) is 19.5 Å². The van der Waals surface area contributed by atoms with Crippen molar-refractivity contribution in [1.29, 1.82) is 0 Å². The fraction of sp³-hybridized carbons (Fsp3) is 0.833. The maximum atomic E-state index is 12.1. The lowest BCUT2D eigenvalue weighted by atomic mass is 10.1. The Hall–Kier alpha value is -1.10. The van der Waals surface area contributed by atoms with Gasteiger partial charge in [0.2, 0.25) is 5.91 Å². The Morgan fingerprint density at radius 2 is 2.18 bits per heavy atom. The molecule has 1 saturated heterocycles. The second kappa shape index (κ2) is 6.00. The van der Waals surface area contributed by atoms with Crippen LogP contribution in [0.25, 0.3) is 0 Å². The number of ether oxygens (including phenoxy) is 1. The van der Waals surface area contributed by atoms with Crippen LogP contribution in [0.3, 0.4) is 0 Å². The summed E-state index contributed by atoms with van der Waals surface area (Å²) in [5, 5.41) is 0. The largest absolute Gasteiger partial charge is 0.469 e. The normalized spacial score (nSPS) is 22.2. The molecule has 1 aliphatic rings. The molecule has 0 spiro atoms. The van der Waals surface area contributed by atoms with Gasteiger partial charge in [0.15, 0.2) is 0 Å². The molecule has 1 rings (SSSR count). The highest BCUT2D eigenvalue weighted by Crippen LogP contribution is 2.17. The van der Waals surface area contributed by atoms with Gasteiger partial charge in [-0.2, -0.15) is 0 Å². The van der Waals surface area contributed by atoms with Gasteiger partial charge in [0.25, 0.3) is 0 Å². The lowest BCUT2D eigenvalue weighted by Crippen LogP contribution is -2.38. The molecule has 1 fully saturated rings. The number of carbonyl (C=O) groups excluding carboxylic acids is 2. The topological polar surface area (TPSA) is 49.9 Å². The lowest BCUT2D eigenvalue weighted by molar-refractivity contribution is -0.146. The molecule has 5 nitrogen and oxygen atoms in total. The summed E-state index contributed by atoms with van der Waals surface area (Å²) in [5.74, 6) is -0.332. The van der Waals surface area contributed by atoms with Gasteiger partial charge in [-0.25, -0.2) is 0 Å². The van der Waals surface area contributed by atoms with E-state index in [-0.39, 0.29) is 23.7 Å². The molecule has 0 N–H and O–H groups in total. The molecule has 0 aromatic carbocycles. The minimum atomic E-state index is -0.270. The highest BCUT2D eigenvalue weighted by Gasteiger charge is 2.29. The van der Waals surface area contributed by atoms with Crippen LogP contribution in [0.1, 0.15) is 13.3 Å². The molecule has 1 amide bonds. The van der Waals surface area contributed by atoms with Crippen LogP contribution >= 0.6 is 0 Å². The summed E-state index contributed by atoms with van der Waals surface area (Å²) < 4.78 is 4.65. The van der Waals surface area contributed by atoms with Gasteiger partial charge in [0, 0.05) is 20.1 Å². The van der Waals surface area contributed by atoms with E-state index in [9.17, 15) is 9.59 Å². The van der Waals surface area contributed by atoms with Crippen molar-refractivity contribution in [2.24, 2.45) is 11.8 Å². The molecule has 0 aliphatic carbocycles. The predicted octanol–water partition coefficient (Wildman–Crippen LogP) is 0.206. The van der Waals surface area contributed by atoms with E-state index < -0.39 is 0 Å². The third-order valence-electron chi connectivity index (χ3n) is 3.27. The van der Waals surface area contributed by atoms with Crippen molar-refractivity contribution >= 4 is 11.9 Å². The molecule has 0 aromatic heterocycles. The number of esters is 1.